The van der Waals surface area contributed by atoms with E-state index in [9.17, 15) is 0 Å². The van der Waals surface area contributed by atoms with Gasteiger partial charge in [0.2, 0.25) is 0 Å². The summed E-state index contributed by atoms with van der Waals surface area (Å²) in [6.45, 7) is 0.969. The van der Waals surface area contributed by atoms with Gasteiger partial charge in [-0.3, -0.25) is 0 Å². The predicted molar refractivity (Wildman–Crippen MR) is 39.9 cm³/mol. The maximum Gasteiger partial charge on any atom is 0.0806 e. The molecule has 0 aliphatic carbocycles. The molecule has 0 saturated carbocycles. The first kappa shape index (κ1) is 5.74. The van der Waals surface area contributed by atoms with Crippen molar-refractivity contribution in [3.05, 3.63) is 29.8 Å². The van der Waals surface area contributed by atoms with Gasteiger partial charge >= 0.3 is 0 Å². The van der Waals surface area contributed by atoms with Crippen LogP contribution < -0.4 is 10.9 Å². The minimum absolute atomic E-state index is 0.969. The predicted octanol–water partition coefficient (Wildman–Crippen LogP) is 0.983. The van der Waals surface area contributed by atoms with Crippen LogP contribution in [-0.2, 0) is 6.42 Å². The van der Waals surface area contributed by atoms with Gasteiger partial charge in [-0.1, -0.05) is 18.2 Å². The maximum atomic E-state index is 4.14. The second kappa shape index (κ2) is 2.31. The van der Waals surface area contributed by atoms with E-state index in [4.69, 9.17) is 0 Å². The zero-order valence-electron chi connectivity index (χ0n) is 5.67. The van der Waals surface area contributed by atoms with Crippen LogP contribution in [0.4, 0.5) is 5.69 Å². The molecule has 2 rings (SSSR count). The van der Waals surface area contributed by atoms with Crippen LogP contribution >= 0.6 is 0 Å². The van der Waals surface area contributed by atoms with Gasteiger partial charge in [0, 0.05) is 6.54 Å². The van der Waals surface area contributed by atoms with Crippen LogP contribution in [-0.4, -0.2) is 6.54 Å². The van der Waals surface area contributed by atoms with Crippen LogP contribution in [0, 0.1) is 0 Å². The number of rotatable bonds is 0. The molecule has 1 heterocycles. The summed E-state index contributed by atoms with van der Waals surface area (Å²) < 4.78 is 0. The van der Waals surface area contributed by atoms with Crippen molar-refractivity contribution >= 4 is 5.69 Å². The summed E-state index contributed by atoms with van der Waals surface area (Å²) in [6, 6.07) is 8.22. The number of fused-ring (bicyclic) bond motifs is 1. The van der Waals surface area contributed by atoms with Crippen molar-refractivity contribution in [2.45, 2.75) is 6.42 Å². The molecule has 1 N–H and O–H groups in total. The molecular formula is C8H9N2. The monoisotopic (exact) mass is 133 g/mol. The lowest BCUT2D eigenvalue weighted by Gasteiger charge is -2.14. The smallest absolute Gasteiger partial charge is 0.0806 e. The molecule has 10 heavy (non-hydrogen) atoms. The summed E-state index contributed by atoms with van der Waals surface area (Å²) in [6.07, 6.45) is 1.10. The highest BCUT2D eigenvalue weighted by Crippen LogP contribution is 2.16. The second-order valence-electron chi connectivity index (χ2n) is 2.40. The number of para-hydroxylation sites is 1. The Morgan fingerprint density at radius 2 is 2.20 bits per heavy atom. The second-order valence-corrected chi connectivity index (χ2v) is 2.40. The van der Waals surface area contributed by atoms with E-state index >= 15 is 0 Å². The Morgan fingerprint density at radius 1 is 1.30 bits per heavy atom. The van der Waals surface area contributed by atoms with E-state index in [2.05, 4.69) is 23.0 Å². The van der Waals surface area contributed by atoms with Gasteiger partial charge in [-0.15, -0.1) is 0 Å². The van der Waals surface area contributed by atoms with E-state index in [1.807, 2.05) is 12.1 Å². The molecule has 1 aliphatic rings. The zero-order valence-corrected chi connectivity index (χ0v) is 5.67. The van der Waals surface area contributed by atoms with Gasteiger partial charge in [0.1, 0.15) is 0 Å². The van der Waals surface area contributed by atoms with E-state index in [0.29, 0.717) is 0 Å². The van der Waals surface area contributed by atoms with Gasteiger partial charge in [-0.05, 0) is 18.1 Å². The van der Waals surface area contributed by atoms with Crippen molar-refractivity contribution in [2.75, 3.05) is 6.54 Å². The van der Waals surface area contributed by atoms with Gasteiger partial charge in [-0.2, -0.15) is 0 Å². The molecule has 1 aromatic carbocycles. The molecule has 0 atom stereocenters. The third-order valence-corrected chi connectivity index (χ3v) is 1.70. The van der Waals surface area contributed by atoms with E-state index in [-0.39, 0.29) is 0 Å². The molecule has 1 radical (unpaired) electrons. The Hall–Kier alpha value is -1.02. The minimum Gasteiger partial charge on any atom is -0.213 e. The molecule has 0 amide bonds. The molecule has 2 heteroatoms. The summed E-state index contributed by atoms with van der Waals surface area (Å²) in [5.74, 6) is 0. The topological polar surface area (TPSA) is 26.1 Å². The Labute approximate surface area is 60.2 Å². The molecule has 0 unspecified atom stereocenters. The fourth-order valence-corrected chi connectivity index (χ4v) is 1.16. The highest BCUT2D eigenvalue weighted by atomic mass is 15.4. The molecule has 1 aliphatic heterocycles. The first-order valence-electron chi connectivity index (χ1n) is 3.48. The lowest BCUT2D eigenvalue weighted by molar-refractivity contribution is 0.589. The Balaban J connectivity index is 2.41. The summed E-state index contributed by atoms with van der Waals surface area (Å²) in [4.78, 5) is 0. The number of benzene rings is 1. The molecule has 0 saturated heterocycles. The van der Waals surface area contributed by atoms with E-state index in [1.165, 1.54) is 5.56 Å². The molecular weight excluding hydrogens is 124 g/mol. The molecule has 0 aromatic heterocycles. The first-order valence-corrected chi connectivity index (χ1v) is 3.48. The maximum absolute atomic E-state index is 4.14. The largest absolute Gasteiger partial charge is 0.213 e. The van der Waals surface area contributed by atoms with Crippen molar-refractivity contribution in [3.63, 3.8) is 0 Å². The van der Waals surface area contributed by atoms with Crippen LogP contribution in [0.5, 0.6) is 0 Å². The summed E-state index contributed by atoms with van der Waals surface area (Å²) in [5, 5.41) is 0. The highest BCUT2D eigenvalue weighted by molar-refractivity contribution is 5.45. The molecule has 1 aromatic rings. The van der Waals surface area contributed by atoms with Crippen LogP contribution in [0.1, 0.15) is 5.56 Å². The van der Waals surface area contributed by atoms with Crippen LogP contribution in [0.15, 0.2) is 24.3 Å². The quantitative estimate of drug-likeness (QED) is 0.561. The molecule has 0 fully saturated rings. The van der Waals surface area contributed by atoms with Crippen molar-refractivity contribution in [1.29, 1.82) is 0 Å². The Morgan fingerprint density at radius 3 is 3.10 bits per heavy atom. The third-order valence-electron chi connectivity index (χ3n) is 1.70. The highest BCUT2D eigenvalue weighted by Gasteiger charge is 2.06. The molecule has 0 bridgehead atoms. The van der Waals surface area contributed by atoms with Crippen LogP contribution in [0.3, 0.4) is 0 Å². The average molecular weight is 133 g/mol. The summed E-state index contributed by atoms with van der Waals surface area (Å²) in [7, 11) is 0. The minimum atomic E-state index is 0.969. The van der Waals surface area contributed by atoms with Crippen molar-refractivity contribution in [1.82, 2.24) is 10.9 Å². The number of nitrogens with zero attached hydrogens (tertiary/aromatic N) is 1. The third kappa shape index (κ3) is 0.866. The van der Waals surface area contributed by atoms with Crippen molar-refractivity contribution in [3.8, 4) is 0 Å². The van der Waals surface area contributed by atoms with Gasteiger partial charge < -0.3 is 0 Å². The van der Waals surface area contributed by atoms with E-state index in [0.717, 1.165) is 18.7 Å². The Kier molecular flexibility index (Phi) is 1.32. The zero-order chi connectivity index (χ0) is 6.81. The van der Waals surface area contributed by atoms with Gasteiger partial charge in [0.05, 0.1) is 5.69 Å². The normalized spacial score (nSPS) is 15.6. The first-order chi connectivity index (χ1) is 4.97. The van der Waals surface area contributed by atoms with Crippen LogP contribution in [0.25, 0.3) is 0 Å². The number of hydrogen-bond donors (Lipinski definition) is 1. The SMILES string of the molecule is c1ccc2c(c1)CCN[N]2. The molecule has 2 nitrogen and oxygen atoms in total. The molecule has 51 valence electrons. The van der Waals surface area contributed by atoms with E-state index < -0.39 is 0 Å². The van der Waals surface area contributed by atoms with Crippen LogP contribution in [0.2, 0.25) is 0 Å². The molecule has 0 spiro atoms. The van der Waals surface area contributed by atoms with Gasteiger partial charge in [0.25, 0.3) is 0 Å². The summed E-state index contributed by atoms with van der Waals surface area (Å²) in [5.41, 5.74) is 9.55. The number of nitrogens with one attached hydrogen (secondary N) is 1. The van der Waals surface area contributed by atoms with Gasteiger partial charge in [0.15, 0.2) is 0 Å². The van der Waals surface area contributed by atoms with E-state index in [1.54, 1.807) is 0 Å². The fourth-order valence-electron chi connectivity index (χ4n) is 1.16. The Bertz CT molecular complexity index is 207. The fraction of sp³-hybridized carbons (Fsp3) is 0.250. The number of hydrogen-bond acceptors (Lipinski definition) is 1. The van der Waals surface area contributed by atoms with Crippen molar-refractivity contribution < 1.29 is 0 Å². The average Bonchev–Trinajstić information content (AvgIpc) is 2.05. The lowest BCUT2D eigenvalue weighted by Crippen LogP contribution is -2.28. The standard InChI is InChI=1S/C8H9N2/c1-2-4-8-7(3-1)5-6-9-10-8/h1-4,9H,5-6H2. The summed E-state index contributed by atoms with van der Waals surface area (Å²) >= 11 is 0. The van der Waals surface area contributed by atoms with Crippen molar-refractivity contribution in [2.24, 2.45) is 0 Å². The lowest BCUT2D eigenvalue weighted by atomic mass is 10.1. The van der Waals surface area contributed by atoms with Gasteiger partial charge in [-0.25, -0.2) is 10.9 Å².